The number of phosphoric ester groups is 2. The van der Waals surface area contributed by atoms with Crippen LogP contribution in [-0.4, -0.2) is 96.7 Å². The molecule has 93 heavy (non-hydrogen) atoms. The van der Waals surface area contributed by atoms with E-state index in [1.54, 1.807) is 0 Å². The van der Waals surface area contributed by atoms with Gasteiger partial charge in [0, 0.05) is 25.7 Å². The van der Waals surface area contributed by atoms with Gasteiger partial charge in [0.15, 0.2) is 12.2 Å². The maximum absolute atomic E-state index is 13.0. The standard InChI is InChI=1S/C74H144O17P2/c1-9-67(8)53-45-37-27-23-20-21-24-28-38-46-54-71(76)84-60-70(91-74(79)57-49-41-33-31-36-44-52-66(6)7)63-89-93(82,83)87-59-68(75)58-86-92(80,81)88-62-69(61-85-72(77)55-47-39-32-30-35-43-51-65(4)5)90-73(78)56-48-40-29-25-19-17-15-13-11-10-12-14-16-18-22-26-34-42-50-64(2)3/h64-70,75H,9-63H2,1-8H3,(H,80,81)(H,82,83)/t67?,68?,69-,70-/m1/s1. The summed E-state index contributed by atoms with van der Waals surface area (Å²) in [7, 11) is -9.91. The summed E-state index contributed by atoms with van der Waals surface area (Å²) in [4.78, 5) is 72.6. The predicted octanol–water partition coefficient (Wildman–Crippen LogP) is 21.3. The van der Waals surface area contributed by atoms with E-state index in [1.807, 2.05) is 0 Å². The fourth-order valence-corrected chi connectivity index (χ4v) is 12.7. The fraction of sp³-hybridized carbons (Fsp3) is 0.946. The van der Waals surface area contributed by atoms with Gasteiger partial charge in [-0.05, 0) is 49.4 Å². The second-order valence-corrected chi connectivity index (χ2v) is 31.3. The first-order chi connectivity index (χ1) is 44.6. The fourth-order valence-electron chi connectivity index (χ4n) is 11.2. The molecule has 0 fully saturated rings. The maximum atomic E-state index is 13.0. The van der Waals surface area contributed by atoms with Gasteiger partial charge in [-0.2, -0.15) is 0 Å². The number of carbonyl (C=O) groups excluding carboxylic acids is 4. The Bertz CT molecular complexity index is 1840. The summed E-state index contributed by atoms with van der Waals surface area (Å²) in [6.45, 7) is 14.1. The topological polar surface area (TPSA) is 237 Å². The van der Waals surface area contributed by atoms with Crippen molar-refractivity contribution in [2.45, 2.75) is 388 Å². The lowest BCUT2D eigenvalue weighted by Gasteiger charge is -2.21. The van der Waals surface area contributed by atoms with Gasteiger partial charge in [-0.25, -0.2) is 9.13 Å². The Morgan fingerprint density at radius 1 is 0.301 bits per heavy atom. The molecule has 0 aromatic rings. The molecule has 0 aliphatic heterocycles. The Kier molecular flexibility index (Phi) is 62.2. The van der Waals surface area contributed by atoms with E-state index in [-0.39, 0.29) is 25.7 Å². The van der Waals surface area contributed by atoms with Crippen molar-refractivity contribution in [1.29, 1.82) is 0 Å². The molecule has 0 spiro atoms. The van der Waals surface area contributed by atoms with Gasteiger partial charge in [0.1, 0.15) is 19.3 Å². The first-order valence-corrected chi connectivity index (χ1v) is 41.2. The smallest absolute Gasteiger partial charge is 0.462 e. The summed E-state index contributed by atoms with van der Waals surface area (Å²) < 4.78 is 68.3. The number of aliphatic hydroxyl groups excluding tert-OH is 1. The highest BCUT2D eigenvalue weighted by Gasteiger charge is 2.30. The normalized spacial score (nSPS) is 14.5. The number of hydrogen-bond donors (Lipinski definition) is 3. The molecular formula is C74H144O17P2. The van der Waals surface area contributed by atoms with Crippen LogP contribution < -0.4 is 0 Å². The van der Waals surface area contributed by atoms with E-state index in [4.69, 9.17) is 37.0 Å². The zero-order valence-electron chi connectivity index (χ0n) is 60.9. The molecule has 0 aromatic carbocycles. The first-order valence-electron chi connectivity index (χ1n) is 38.2. The Hall–Kier alpha value is -1.94. The van der Waals surface area contributed by atoms with Crippen molar-refractivity contribution < 1.29 is 80.2 Å². The first kappa shape index (κ1) is 91.1. The van der Waals surface area contributed by atoms with Crippen LogP contribution in [0.1, 0.15) is 370 Å². The van der Waals surface area contributed by atoms with Crippen LogP contribution in [0.15, 0.2) is 0 Å². The molecule has 0 aliphatic rings. The maximum Gasteiger partial charge on any atom is 0.472 e. The van der Waals surface area contributed by atoms with Gasteiger partial charge in [-0.3, -0.25) is 37.3 Å². The van der Waals surface area contributed by atoms with E-state index in [9.17, 15) is 43.2 Å². The quantitative estimate of drug-likeness (QED) is 0.0222. The minimum atomic E-state index is -4.95. The molecule has 4 unspecified atom stereocenters. The molecule has 19 heteroatoms. The van der Waals surface area contributed by atoms with Crippen LogP contribution in [0.2, 0.25) is 0 Å². The van der Waals surface area contributed by atoms with Gasteiger partial charge in [-0.1, -0.05) is 319 Å². The third-order valence-electron chi connectivity index (χ3n) is 17.4. The monoisotopic (exact) mass is 1370 g/mol. The summed E-state index contributed by atoms with van der Waals surface area (Å²) in [5.41, 5.74) is 0. The highest BCUT2D eigenvalue weighted by atomic mass is 31.2. The second kappa shape index (κ2) is 63.5. The molecule has 0 bridgehead atoms. The number of aliphatic hydroxyl groups is 1. The van der Waals surface area contributed by atoms with E-state index in [1.165, 1.54) is 167 Å². The second-order valence-electron chi connectivity index (χ2n) is 28.4. The van der Waals surface area contributed by atoms with Crippen LogP contribution in [0.5, 0.6) is 0 Å². The number of carbonyl (C=O) groups is 4. The summed E-state index contributed by atoms with van der Waals surface area (Å²) in [5, 5.41) is 10.6. The molecular weight excluding hydrogens is 1220 g/mol. The molecule has 17 nitrogen and oxygen atoms in total. The van der Waals surface area contributed by atoms with Crippen LogP contribution in [0, 0.1) is 23.7 Å². The number of ether oxygens (including phenoxy) is 4. The summed E-state index contributed by atoms with van der Waals surface area (Å²) in [6, 6.07) is 0. The van der Waals surface area contributed by atoms with Crippen molar-refractivity contribution in [3.63, 3.8) is 0 Å². The highest BCUT2D eigenvalue weighted by Crippen LogP contribution is 2.45. The molecule has 3 N–H and O–H groups in total. The lowest BCUT2D eigenvalue weighted by Crippen LogP contribution is -2.30. The minimum Gasteiger partial charge on any atom is -0.462 e. The van der Waals surface area contributed by atoms with E-state index >= 15 is 0 Å². The van der Waals surface area contributed by atoms with Crippen LogP contribution in [0.4, 0.5) is 0 Å². The van der Waals surface area contributed by atoms with Gasteiger partial charge in [0.2, 0.25) is 0 Å². The van der Waals surface area contributed by atoms with Crippen molar-refractivity contribution in [3.8, 4) is 0 Å². The van der Waals surface area contributed by atoms with Crippen LogP contribution in [0.3, 0.4) is 0 Å². The third kappa shape index (κ3) is 67.0. The molecule has 0 aliphatic carbocycles. The molecule has 0 radical (unpaired) electrons. The zero-order valence-corrected chi connectivity index (χ0v) is 62.7. The Morgan fingerprint density at radius 3 is 0.763 bits per heavy atom. The van der Waals surface area contributed by atoms with Gasteiger partial charge < -0.3 is 33.8 Å². The summed E-state index contributed by atoms with van der Waals surface area (Å²) >= 11 is 0. The van der Waals surface area contributed by atoms with Crippen molar-refractivity contribution >= 4 is 39.5 Å². The molecule has 552 valence electrons. The number of hydrogen-bond acceptors (Lipinski definition) is 15. The van der Waals surface area contributed by atoms with E-state index in [0.29, 0.717) is 37.5 Å². The van der Waals surface area contributed by atoms with Crippen molar-refractivity contribution in [3.05, 3.63) is 0 Å². The number of phosphoric acid groups is 2. The predicted molar refractivity (Wildman–Crippen MR) is 377 cm³/mol. The third-order valence-corrected chi connectivity index (χ3v) is 19.3. The SMILES string of the molecule is CCC(C)CCCCCCCCCCCCC(=O)OC[C@H](COP(=O)(O)OCC(O)COP(=O)(O)OC[C@@H](COC(=O)CCCCCCCCC(C)C)OC(=O)CCCCCCCCCCCCCCCCCCCCC(C)C)OC(=O)CCCCCCCCC(C)C. The van der Waals surface area contributed by atoms with Crippen LogP contribution >= 0.6 is 15.6 Å². The zero-order chi connectivity index (χ0) is 68.9. The number of unbranched alkanes of at least 4 members (excludes halogenated alkanes) is 36. The van der Waals surface area contributed by atoms with E-state index in [0.717, 1.165) is 108 Å². The Morgan fingerprint density at radius 2 is 0.516 bits per heavy atom. The van der Waals surface area contributed by atoms with Crippen molar-refractivity contribution in [1.82, 2.24) is 0 Å². The average Bonchev–Trinajstić information content (AvgIpc) is 3.02. The lowest BCUT2D eigenvalue weighted by atomic mass is 9.99. The van der Waals surface area contributed by atoms with Gasteiger partial charge in [0.25, 0.3) is 0 Å². The molecule has 0 saturated heterocycles. The average molecular weight is 1370 g/mol. The molecule has 0 amide bonds. The van der Waals surface area contributed by atoms with E-state index < -0.39 is 97.5 Å². The molecule has 0 saturated carbocycles. The Labute approximate surface area is 568 Å². The Balaban J connectivity index is 5.13. The van der Waals surface area contributed by atoms with E-state index in [2.05, 4.69) is 55.4 Å². The molecule has 0 rings (SSSR count). The number of rotatable bonds is 71. The highest BCUT2D eigenvalue weighted by molar-refractivity contribution is 7.47. The molecule has 0 heterocycles. The lowest BCUT2D eigenvalue weighted by molar-refractivity contribution is -0.161. The van der Waals surface area contributed by atoms with Crippen LogP contribution in [0.25, 0.3) is 0 Å². The summed E-state index contributed by atoms with van der Waals surface area (Å²) in [6.07, 6.45) is 47.6. The van der Waals surface area contributed by atoms with Crippen LogP contribution in [-0.2, 0) is 65.4 Å². The van der Waals surface area contributed by atoms with Gasteiger partial charge >= 0.3 is 39.5 Å². The molecule has 6 atom stereocenters. The van der Waals surface area contributed by atoms with Crippen molar-refractivity contribution in [2.75, 3.05) is 39.6 Å². The number of esters is 4. The largest absolute Gasteiger partial charge is 0.472 e. The van der Waals surface area contributed by atoms with Gasteiger partial charge in [0.05, 0.1) is 26.4 Å². The molecule has 0 aromatic heterocycles. The van der Waals surface area contributed by atoms with Crippen molar-refractivity contribution in [2.24, 2.45) is 23.7 Å². The minimum absolute atomic E-state index is 0.102. The van der Waals surface area contributed by atoms with Gasteiger partial charge in [-0.15, -0.1) is 0 Å². The summed E-state index contributed by atoms with van der Waals surface area (Å²) in [5.74, 6) is 0.848.